The van der Waals surface area contributed by atoms with Crippen LogP contribution in [0.1, 0.15) is 26.3 Å². The zero-order valence-electron chi connectivity index (χ0n) is 16.6. The Hall–Kier alpha value is -3.00. The first-order valence-corrected chi connectivity index (χ1v) is 10.6. The van der Waals surface area contributed by atoms with Crippen LogP contribution in [0.25, 0.3) is 10.9 Å². The molecule has 1 amide bonds. The van der Waals surface area contributed by atoms with Gasteiger partial charge in [-0.25, -0.2) is 4.79 Å². The van der Waals surface area contributed by atoms with Gasteiger partial charge in [0.1, 0.15) is 16.2 Å². The molecule has 1 heterocycles. The molecule has 0 unspecified atom stereocenters. The smallest absolute Gasteiger partial charge is 0.407 e. The van der Waals surface area contributed by atoms with Crippen molar-refractivity contribution < 1.29 is 22.1 Å². The number of hydrogen-bond acceptors (Lipinski definition) is 5. The fourth-order valence-electron chi connectivity index (χ4n) is 2.80. The van der Waals surface area contributed by atoms with Gasteiger partial charge < -0.3 is 19.2 Å². The first-order chi connectivity index (χ1) is 13.6. The molecular weight excluding hydrogens is 392 g/mol. The van der Waals surface area contributed by atoms with E-state index in [1.54, 1.807) is 36.4 Å². The van der Waals surface area contributed by atoms with Crippen LogP contribution in [0.4, 0.5) is 4.79 Å². The van der Waals surface area contributed by atoms with Crippen LogP contribution < -0.4 is 9.50 Å². The Balaban J connectivity index is 1.66. The van der Waals surface area contributed by atoms with Crippen LogP contribution in [0, 0.1) is 0 Å². The number of hydrogen-bond donors (Lipinski definition) is 2. The zero-order chi connectivity index (χ0) is 21.1. The quantitative estimate of drug-likeness (QED) is 0.592. The fraction of sp³-hybridized carbons (Fsp3) is 0.286. The van der Waals surface area contributed by atoms with Crippen LogP contribution >= 0.6 is 0 Å². The molecule has 0 saturated heterocycles. The summed E-state index contributed by atoms with van der Waals surface area (Å²) >= 11 is 0. The van der Waals surface area contributed by atoms with Gasteiger partial charge in [0.05, 0.1) is 0 Å². The number of H-pyrrole nitrogens is 1. The molecule has 154 valence electrons. The van der Waals surface area contributed by atoms with Crippen molar-refractivity contribution in [1.29, 1.82) is 0 Å². The Bertz CT molecular complexity index is 1100. The molecule has 0 atom stereocenters. The summed E-state index contributed by atoms with van der Waals surface area (Å²) in [5.41, 5.74) is 1.20. The maximum absolute atomic E-state index is 12.4. The molecule has 0 fully saturated rings. The molecular formula is C21H24N2O5S. The minimum absolute atomic E-state index is 0.0977. The van der Waals surface area contributed by atoms with Gasteiger partial charge in [0.2, 0.25) is 0 Å². The van der Waals surface area contributed by atoms with Crippen molar-refractivity contribution in [3.63, 3.8) is 0 Å². The number of ether oxygens (including phenoxy) is 1. The molecule has 0 aliphatic heterocycles. The van der Waals surface area contributed by atoms with Gasteiger partial charge in [0.15, 0.2) is 0 Å². The van der Waals surface area contributed by atoms with E-state index in [-0.39, 0.29) is 10.6 Å². The van der Waals surface area contributed by atoms with Crippen molar-refractivity contribution in [3.8, 4) is 5.75 Å². The number of carbonyl (C=O) groups is 1. The average molecular weight is 416 g/mol. The molecule has 0 saturated carbocycles. The highest BCUT2D eigenvalue weighted by Crippen LogP contribution is 2.26. The van der Waals surface area contributed by atoms with Crippen LogP contribution in [0.5, 0.6) is 5.75 Å². The standard InChI is InChI=1S/C21H24N2O5S/c1-21(2,3)27-20(24)22-12-11-15-14-23-19-13-16(9-10-18(15)19)28-29(25,26)17-7-5-4-6-8-17/h4-10,13-14,23H,11-12H2,1-3H3,(H,22,24). The molecule has 8 heteroatoms. The van der Waals surface area contributed by atoms with Crippen LogP contribution in [0.3, 0.4) is 0 Å². The van der Waals surface area contributed by atoms with Gasteiger partial charge in [-0.05, 0) is 57.0 Å². The van der Waals surface area contributed by atoms with E-state index in [9.17, 15) is 13.2 Å². The van der Waals surface area contributed by atoms with Crippen LogP contribution in [0.2, 0.25) is 0 Å². The summed E-state index contributed by atoms with van der Waals surface area (Å²) in [6.07, 6.45) is 1.97. The van der Waals surface area contributed by atoms with Crippen molar-refractivity contribution in [2.24, 2.45) is 0 Å². The molecule has 3 rings (SSSR count). The molecule has 3 aromatic rings. The van der Waals surface area contributed by atoms with Crippen LogP contribution in [0.15, 0.2) is 59.6 Å². The number of carbonyl (C=O) groups excluding carboxylic acids is 1. The largest absolute Gasteiger partial charge is 0.444 e. The number of aromatic nitrogens is 1. The first-order valence-electron chi connectivity index (χ1n) is 9.20. The molecule has 29 heavy (non-hydrogen) atoms. The number of amides is 1. The second-order valence-electron chi connectivity index (χ2n) is 7.55. The Morgan fingerprint density at radius 3 is 2.52 bits per heavy atom. The first kappa shape index (κ1) is 20.7. The van der Waals surface area contributed by atoms with E-state index < -0.39 is 21.8 Å². The lowest BCUT2D eigenvalue weighted by Crippen LogP contribution is -2.33. The number of alkyl carbamates (subject to hydrolysis) is 1. The normalized spacial score (nSPS) is 12.0. The Labute approximate surface area is 170 Å². The van der Waals surface area contributed by atoms with Crippen molar-refractivity contribution in [1.82, 2.24) is 10.3 Å². The summed E-state index contributed by atoms with van der Waals surface area (Å²) < 4.78 is 35.2. The number of aromatic amines is 1. The van der Waals surface area contributed by atoms with Gasteiger partial charge in [0.25, 0.3) is 0 Å². The lowest BCUT2D eigenvalue weighted by Gasteiger charge is -2.19. The van der Waals surface area contributed by atoms with Gasteiger partial charge in [-0.15, -0.1) is 0 Å². The van der Waals surface area contributed by atoms with Crippen molar-refractivity contribution in [2.45, 2.75) is 37.7 Å². The minimum Gasteiger partial charge on any atom is -0.444 e. The average Bonchev–Trinajstić information content (AvgIpc) is 3.03. The maximum atomic E-state index is 12.4. The summed E-state index contributed by atoms with van der Waals surface area (Å²) in [5.74, 6) is 0.224. The third kappa shape index (κ3) is 5.51. The third-order valence-corrected chi connectivity index (χ3v) is 5.30. The number of nitrogens with one attached hydrogen (secondary N) is 2. The second-order valence-corrected chi connectivity index (χ2v) is 9.10. The topological polar surface area (TPSA) is 97.5 Å². The minimum atomic E-state index is -3.89. The summed E-state index contributed by atoms with van der Waals surface area (Å²) in [4.78, 5) is 14.9. The van der Waals surface area contributed by atoms with Crippen molar-refractivity contribution in [3.05, 3.63) is 60.3 Å². The molecule has 7 nitrogen and oxygen atoms in total. The van der Waals surface area contributed by atoms with Crippen LogP contribution in [-0.4, -0.2) is 31.6 Å². The summed E-state index contributed by atoms with van der Waals surface area (Å²) in [6, 6.07) is 13.0. The molecule has 0 aliphatic rings. The van der Waals surface area contributed by atoms with Gasteiger partial charge in [-0.1, -0.05) is 18.2 Å². The van der Waals surface area contributed by atoms with E-state index in [4.69, 9.17) is 8.92 Å². The molecule has 0 radical (unpaired) electrons. The predicted molar refractivity (Wildman–Crippen MR) is 110 cm³/mol. The number of fused-ring (bicyclic) bond motifs is 1. The van der Waals surface area contributed by atoms with E-state index in [2.05, 4.69) is 10.3 Å². The monoisotopic (exact) mass is 416 g/mol. The van der Waals surface area contributed by atoms with E-state index in [0.717, 1.165) is 16.5 Å². The van der Waals surface area contributed by atoms with E-state index in [1.165, 1.54) is 12.1 Å². The highest BCUT2D eigenvalue weighted by molar-refractivity contribution is 7.87. The molecule has 1 aromatic heterocycles. The van der Waals surface area contributed by atoms with Crippen LogP contribution in [-0.2, 0) is 21.3 Å². The fourth-order valence-corrected chi connectivity index (χ4v) is 3.74. The predicted octanol–water partition coefficient (Wildman–Crippen LogP) is 4.00. The van der Waals surface area contributed by atoms with E-state index in [0.29, 0.717) is 13.0 Å². The van der Waals surface area contributed by atoms with Gasteiger partial charge in [0, 0.05) is 29.7 Å². The maximum Gasteiger partial charge on any atom is 0.407 e. The lowest BCUT2D eigenvalue weighted by atomic mass is 10.1. The highest BCUT2D eigenvalue weighted by Gasteiger charge is 2.17. The van der Waals surface area contributed by atoms with Gasteiger partial charge in [-0.2, -0.15) is 8.42 Å². The van der Waals surface area contributed by atoms with E-state index >= 15 is 0 Å². The van der Waals surface area contributed by atoms with Gasteiger partial charge >= 0.3 is 16.2 Å². The second kappa shape index (κ2) is 8.16. The highest BCUT2D eigenvalue weighted by atomic mass is 32.2. The van der Waals surface area contributed by atoms with Crippen molar-refractivity contribution in [2.75, 3.05) is 6.54 Å². The molecule has 0 spiro atoms. The summed E-state index contributed by atoms with van der Waals surface area (Å²) in [5, 5.41) is 3.65. The summed E-state index contributed by atoms with van der Waals surface area (Å²) in [6.45, 7) is 5.85. The van der Waals surface area contributed by atoms with Gasteiger partial charge in [-0.3, -0.25) is 0 Å². The van der Waals surface area contributed by atoms with Crippen molar-refractivity contribution >= 4 is 27.1 Å². The SMILES string of the molecule is CC(C)(C)OC(=O)NCCc1c[nH]c2cc(OS(=O)(=O)c3ccccc3)ccc12. The van der Waals surface area contributed by atoms with E-state index in [1.807, 2.05) is 27.0 Å². The third-order valence-electron chi connectivity index (χ3n) is 4.04. The Morgan fingerprint density at radius 1 is 1.10 bits per heavy atom. The zero-order valence-corrected chi connectivity index (χ0v) is 17.4. The summed E-state index contributed by atoms with van der Waals surface area (Å²) in [7, 11) is -3.89. The number of rotatable bonds is 6. The Morgan fingerprint density at radius 2 is 1.83 bits per heavy atom. The molecule has 2 aromatic carbocycles. The lowest BCUT2D eigenvalue weighted by molar-refractivity contribution is 0.0528. The Kier molecular flexibility index (Phi) is 5.83. The molecule has 2 N–H and O–H groups in total. The molecule has 0 bridgehead atoms. The number of benzene rings is 2. The molecule has 0 aliphatic carbocycles.